The molecule has 0 unspecified atom stereocenters. The van der Waals surface area contributed by atoms with Crippen molar-refractivity contribution in [1.82, 2.24) is 4.98 Å². The third kappa shape index (κ3) is 2.12. The Bertz CT molecular complexity index is 509. The third-order valence-corrected chi connectivity index (χ3v) is 3.74. The lowest BCUT2D eigenvalue weighted by molar-refractivity contribution is 0.00578. The molecule has 0 aliphatic carbocycles. The van der Waals surface area contributed by atoms with Gasteiger partial charge in [-0.25, -0.2) is 4.98 Å². The number of halogens is 1. The van der Waals surface area contributed by atoms with E-state index in [1.165, 1.54) is 12.3 Å². The highest BCUT2D eigenvalue weighted by atomic mass is 35.5. The molecule has 0 aromatic carbocycles. The van der Waals surface area contributed by atoms with Crippen molar-refractivity contribution in [3.05, 3.63) is 23.0 Å². The Morgan fingerprint density at radius 1 is 1.28 bits per heavy atom. The zero-order chi connectivity index (χ0) is 13.6. The van der Waals surface area contributed by atoms with Gasteiger partial charge < -0.3 is 9.31 Å². The van der Waals surface area contributed by atoms with Crippen LogP contribution in [-0.4, -0.2) is 23.3 Å². The normalized spacial score (nSPS) is 20.8. The van der Waals surface area contributed by atoms with Crippen molar-refractivity contribution in [3.63, 3.8) is 0 Å². The summed E-state index contributed by atoms with van der Waals surface area (Å²) in [6, 6.07) is 3.60. The van der Waals surface area contributed by atoms with Gasteiger partial charge in [0.15, 0.2) is 0 Å². The first-order chi connectivity index (χ1) is 8.27. The molecule has 1 aromatic rings. The van der Waals surface area contributed by atoms with Crippen LogP contribution in [0.1, 0.15) is 33.3 Å². The van der Waals surface area contributed by atoms with E-state index in [2.05, 4.69) is 11.1 Å². The number of nitrogens with zero attached hydrogens (tertiary/aromatic N) is 2. The second-order valence-corrected chi connectivity index (χ2v) is 5.68. The van der Waals surface area contributed by atoms with E-state index in [1.54, 1.807) is 0 Å². The Morgan fingerprint density at radius 2 is 1.83 bits per heavy atom. The molecule has 0 spiro atoms. The molecule has 1 aliphatic rings. The molecule has 0 atom stereocenters. The minimum absolute atomic E-state index is 0.284. The van der Waals surface area contributed by atoms with E-state index in [0.717, 1.165) is 0 Å². The van der Waals surface area contributed by atoms with Gasteiger partial charge in [0.1, 0.15) is 5.15 Å². The second kappa shape index (κ2) is 4.23. The molecule has 2 heterocycles. The Labute approximate surface area is 112 Å². The fraction of sp³-hybridized carbons (Fsp3) is 0.500. The lowest BCUT2D eigenvalue weighted by atomic mass is 9.77. The van der Waals surface area contributed by atoms with Crippen LogP contribution in [0.2, 0.25) is 5.15 Å². The van der Waals surface area contributed by atoms with Gasteiger partial charge in [0.25, 0.3) is 0 Å². The summed E-state index contributed by atoms with van der Waals surface area (Å²) >= 11 is 5.77. The lowest BCUT2D eigenvalue weighted by Crippen LogP contribution is -2.41. The van der Waals surface area contributed by atoms with Crippen LogP contribution in [0.4, 0.5) is 0 Å². The zero-order valence-electron chi connectivity index (χ0n) is 10.8. The molecular formula is C12H14BClN2O2. The van der Waals surface area contributed by atoms with Crippen LogP contribution >= 0.6 is 11.6 Å². The number of hydrogen-bond donors (Lipinski definition) is 0. The summed E-state index contributed by atoms with van der Waals surface area (Å²) in [4.78, 5) is 3.98. The van der Waals surface area contributed by atoms with Crippen molar-refractivity contribution in [1.29, 1.82) is 5.26 Å². The first-order valence-electron chi connectivity index (χ1n) is 5.68. The van der Waals surface area contributed by atoms with Gasteiger partial charge in [-0.1, -0.05) is 11.6 Å². The molecule has 1 aliphatic heterocycles. The molecule has 0 N–H and O–H groups in total. The van der Waals surface area contributed by atoms with Crippen LogP contribution in [-0.2, 0) is 9.31 Å². The lowest BCUT2D eigenvalue weighted by Gasteiger charge is -2.32. The van der Waals surface area contributed by atoms with E-state index in [1.807, 2.05) is 27.7 Å². The van der Waals surface area contributed by atoms with Crippen molar-refractivity contribution in [2.75, 3.05) is 0 Å². The fourth-order valence-corrected chi connectivity index (χ4v) is 1.85. The predicted octanol–water partition coefficient (Wildman–Crippen LogP) is 1.91. The van der Waals surface area contributed by atoms with Gasteiger partial charge in [-0.2, -0.15) is 5.26 Å². The molecule has 2 rings (SSSR count). The molecular weight excluding hydrogens is 250 g/mol. The SMILES string of the molecule is CC1(C)OB(c2cnc(Cl)cc2C#N)OC1(C)C. The maximum Gasteiger partial charge on any atom is 0.497 e. The van der Waals surface area contributed by atoms with Crippen LogP contribution in [0.15, 0.2) is 12.3 Å². The summed E-state index contributed by atoms with van der Waals surface area (Å²) < 4.78 is 11.8. The monoisotopic (exact) mass is 264 g/mol. The largest absolute Gasteiger partial charge is 0.497 e. The number of aromatic nitrogens is 1. The van der Waals surface area contributed by atoms with Crippen LogP contribution in [0.3, 0.4) is 0 Å². The molecule has 1 aromatic heterocycles. The van der Waals surface area contributed by atoms with E-state index in [-0.39, 0.29) is 5.15 Å². The zero-order valence-corrected chi connectivity index (χ0v) is 11.6. The topological polar surface area (TPSA) is 55.1 Å². The highest BCUT2D eigenvalue weighted by Crippen LogP contribution is 2.36. The number of hydrogen-bond acceptors (Lipinski definition) is 4. The van der Waals surface area contributed by atoms with Gasteiger partial charge in [0, 0.05) is 11.7 Å². The molecule has 0 saturated carbocycles. The molecule has 1 saturated heterocycles. The molecule has 0 bridgehead atoms. The van der Waals surface area contributed by atoms with Gasteiger partial charge in [0.05, 0.1) is 22.8 Å². The van der Waals surface area contributed by atoms with E-state index in [4.69, 9.17) is 26.2 Å². The highest BCUT2D eigenvalue weighted by molar-refractivity contribution is 6.62. The number of pyridine rings is 1. The Morgan fingerprint density at radius 3 is 2.33 bits per heavy atom. The summed E-state index contributed by atoms with van der Waals surface area (Å²) in [7, 11) is -0.589. The number of rotatable bonds is 1. The second-order valence-electron chi connectivity index (χ2n) is 5.29. The van der Waals surface area contributed by atoms with Crippen molar-refractivity contribution in [2.24, 2.45) is 0 Å². The highest BCUT2D eigenvalue weighted by Gasteiger charge is 2.52. The predicted molar refractivity (Wildman–Crippen MR) is 69.7 cm³/mol. The molecule has 18 heavy (non-hydrogen) atoms. The fourth-order valence-electron chi connectivity index (χ4n) is 1.70. The Hall–Kier alpha value is -1.09. The Balaban J connectivity index is 2.39. The van der Waals surface area contributed by atoms with Crippen LogP contribution in [0.25, 0.3) is 0 Å². The van der Waals surface area contributed by atoms with Gasteiger partial charge in [-0.05, 0) is 33.8 Å². The molecule has 1 fully saturated rings. The molecule has 0 amide bonds. The average Bonchev–Trinajstić information content (AvgIpc) is 2.47. The minimum atomic E-state index is -0.589. The van der Waals surface area contributed by atoms with Crippen LogP contribution in [0.5, 0.6) is 0 Å². The van der Waals surface area contributed by atoms with Crippen LogP contribution < -0.4 is 5.46 Å². The Kier molecular flexibility index (Phi) is 3.14. The van der Waals surface area contributed by atoms with E-state index >= 15 is 0 Å². The summed E-state index contributed by atoms with van der Waals surface area (Å²) in [5, 5.41) is 9.40. The van der Waals surface area contributed by atoms with Crippen molar-refractivity contribution in [2.45, 2.75) is 38.9 Å². The summed E-state index contributed by atoms with van der Waals surface area (Å²) in [6.45, 7) is 7.84. The summed E-state index contributed by atoms with van der Waals surface area (Å²) in [6.07, 6.45) is 1.53. The molecule has 0 radical (unpaired) electrons. The smallest absolute Gasteiger partial charge is 0.399 e. The quantitative estimate of drug-likeness (QED) is 0.574. The van der Waals surface area contributed by atoms with Gasteiger partial charge in [-0.3, -0.25) is 0 Å². The number of nitriles is 1. The maximum atomic E-state index is 9.12. The summed E-state index contributed by atoms with van der Waals surface area (Å²) in [5.74, 6) is 0. The van der Waals surface area contributed by atoms with Crippen molar-refractivity contribution in [3.8, 4) is 6.07 Å². The van der Waals surface area contributed by atoms with Crippen molar-refractivity contribution < 1.29 is 9.31 Å². The summed E-state index contributed by atoms with van der Waals surface area (Å²) in [5.41, 5.74) is 0.155. The molecule has 6 heteroatoms. The van der Waals surface area contributed by atoms with Gasteiger partial charge >= 0.3 is 7.12 Å². The first kappa shape index (κ1) is 13.3. The minimum Gasteiger partial charge on any atom is -0.399 e. The molecule has 4 nitrogen and oxygen atoms in total. The molecule has 94 valence electrons. The van der Waals surface area contributed by atoms with E-state index in [9.17, 15) is 0 Å². The average molecular weight is 265 g/mol. The van der Waals surface area contributed by atoms with E-state index in [0.29, 0.717) is 11.0 Å². The van der Waals surface area contributed by atoms with E-state index < -0.39 is 18.3 Å². The third-order valence-electron chi connectivity index (χ3n) is 3.53. The van der Waals surface area contributed by atoms with Gasteiger partial charge in [-0.15, -0.1) is 0 Å². The van der Waals surface area contributed by atoms with Crippen molar-refractivity contribution >= 4 is 24.2 Å². The first-order valence-corrected chi connectivity index (χ1v) is 6.06. The van der Waals surface area contributed by atoms with Crippen LogP contribution in [0, 0.1) is 11.3 Å². The van der Waals surface area contributed by atoms with Gasteiger partial charge in [0.2, 0.25) is 0 Å². The maximum absolute atomic E-state index is 9.12. The standard InChI is InChI=1S/C12H14BClN2O2/c1-11(2)12(3,4)18-13(17-11)9-7-16-10(14)5-8(9)6-15/h5,7H,1-4H3.